The highest BCUT2D eigenvalue weighted by Crippen LogP contribution is 2.17. The number of carbonyl (C=O) groups excluding carboxylic acids is 2. The monoisotopic (exact) mass is 346 g/mol. The first-order valence-electron chi connectivity index (χ1n) is 8.10. The average molecular weight is 346 g/mol. The summed E-state index contributed by atoms with van der Waals surface area (Å²) in [6, 6.07) is 23.2. The lowest BCUT2D eigenvalue weighted by Gasteiger charge is -2.09. The molecular formula is C21H18N2O3. The normalized spacial score (nSPS) is 10.2. The summed E-state index contributed by atoms with van der Waals surface area (Å²) in [7, 11) is 0. The Morgan fingerprint density at radius 1 is 0.846 bits per heavy atom. The quantitative estimate of drug-likeness (QED) is 0.715. The van der Waals surface area contributed by atoms with E-state index in [-0.39, 0.29) is 5.91 Å². The zero-order chi connectivity index (χ0) is 18.4. The summed E-state index contributed by atoms with van der Waals surface area (Å²) >= 11 is 0. The number of amides is 2. The van der Waals surface area contributed by atoms with Crippen molar-refractivity contribution >= 4 is 17.5 Å². The van der Waals surface area contributed by atoms with E-state index in [9.17, 15) is 9.59 Å². The zero-order valence-electron chi connectivity index (χ0n) is 14.0. The molecule has 2 amide bonds. The second kappa shape index (κ2) is 7.98. The average Bonchev–Trinajstić information content (AvgIpc) is 2.68. The number of nitrogens with one attached hydrogen (secondary N) is 1. The van der Waals surface area contributed by atoms with E-state index in [2.05, 4.69) is 5.32 Å². The van der Waals surface area contributed by atoms with Gasteiger partial charge in [0, 0.05) is 16.8 Å². The third-order valence-electron chi connectivity index (χ3n) is 3.77. The molecule has 3 rings (SSSR count). The summed E-state index contributed by atoms with van der Waals surface area (Å²) in [6.07, 6.45) is 0. The van der Waals surface area contributed by atoms with Gasteiger partial charge in [0.1, 0.15) is 12.4 Å². The molecule has 26 heavy (non-hydrogen) atoms. The van der Waals surface area contributed by atoms with Crippen molar-refractivity contribution in [2.45, 2.75) is 6.61 Å². The van der Waals surface area contributed by atoms with E-state index in [1.54, 1.807) is 48.5 Å². The molecule has 0 unspecified atom stereocenters. The van der Waals surface area contributed by atoms with Gasteiger partial charge >= 0.3 is 0 Å². The van der Waals surface area contributed by atoms with Crippen molar-refractivity contribution in [3.8, 4) is 5.75 Å². The molecule has 0 fully saturated rings. The Morgan fingerprint density at radius 2 is 1.58 bits per heavy atom. The van der Waals surface area contributed by atoms with Crippen LogP contribution >= 0.6 is 0 Å². The fourth-order valence-corrected chi connectivity index (χ4v) is 2.39. The lowest BCUT2D eigenvalue weighted by atomic mass is 10.1. The van der Waals surface area contributed by atoms with Crippen LogP contribution in [0.2, 0.25) is 0 Å². The fraction of sp³-hybridized carbons (Fsp3) is 0.0476. The van der Waals surface area contributed by atoms with Gasteiger partial charge in [-0.25, -0.2) is 0 Å². The minimum absolute atomic E-state index is 0.262. The second-order valence-electron chi connectivity index (χ2n) is 5.70. The smallest absolute Gasteiger partial charge is 0.255 e. The molecule has 5 heteroatoms. The van der Waals surface area contributed by atoms with Crippen molar-refractivity contribution < 1.29 is 14.3 Å². The van der Waals surface area contributed by atoms with Gasteiger partial charge in [0.15, 0.2) is 0 Å². The number of nitrogens with two attached hydrogens (primary N) is 1. The number of primary amides is 1. The zero-order valence-corrected chi connectivity index (χ0v) is 14.0. The summed E-state index contributed by atoms with van der Waals surface area (Å²) in [4.78, 5) is 23.5. The van der Waals surface area contributed by atoms with Crippen LogP contribution in [0.15, 0.2) is 78.9 Å². The van der Waals surface area contributed by atoms with E-state index in [4.69, 9.17) is 10.5 Å². The van der Waals surface area contributed by atoms with E-state index in [0.29, 0.717) is 29.2 Å². The predicted octanol–water partition coefficient (Wildman–Crippen LogP) is 3.62. The lowest BCUT2D eigenvalue weighted by Crippen LogP contribution is -2.13. The van der Waals surface area contributed by atoms with Gasteiger partial charge in [-0.15, -0.1) is 0 Å². The predicted molar refractivity (Wildman–Crippen MR) is 100 cm³/mol. The van der Waals surface area contributed by atoms with Crippen LogP contribution in [0.1, 0.15) is 26.3 Å². The Labute approximate surface area is 151 Å². The highest BCUT2D eigenvalue weighted by Gasteiger charge is 2.08. The molecule has 0 radical (unpaired) electrons. The van der Waals surface area contributed by atoms with Crippen LogP contribution in [0.5, 0.6) is 5.75 Å². The second-order valence-corrected chi connectivity index (χ2v) is 5.70. The van der Waals surface area contributed by atoms with Gasteiger partial charge in [-0.1, -0.05) is 36.4 Å². The minimum Gasteiger partial charge on any atom is -0.489 e. The molecule has 130 valence electrons. The third-order valence-corrected chi connectivity index (χ3v) is 3.77. The molecule has 3 N–H and O–H groups in total. The highest BCUT2D eigenvalue weighted by atomic mass is 16.5. The molecule has 0 spiro atoms. The standard InChI is InChI=1S/C21H18N2O3/c22-20(24)16-9-11-18(12-10-16)23-21(25)17-7-4-8-19(13-17)26-14-15-5-2-1-3-6-15/h1-13H,14H2,(H2,22,24)(H,23,25). The maximum Gasteiger partial charge on any atom is 0.255 e. The molecule has 5 nitrogen and oxygen atoms in total. The Morgan fingerprint density at radius 3 is 2.27 bits per heavy atom. The van der Waals surface area contributed by atoms with Crippen LogP contribution in [-0.2, 0) is 6.61 Å². The molecule has 0 aromatic heterocycles. The Kier molecular flexibility index (Phi) is 5.29. The maximum absolute atomic E-state index is 12.4. The molecular weight excluding hydrogens is 328 g/mol. The number of carbonyl (C=O) groups is 2. The topological polar surface area (TPSA) is 81.4 Å². The van der Waals surface area contributed by atoms with Gasteiger partial charge in [-0.3, -0.25) is 9.59 Å². The molecule has 0 saturated heterocycles. The first kappa shape index (κ1) is 17.2. The lowest BCUT2D eigenvalue weighted by molar-refractivity contribution is 0.0998. The van der Waals surface area contributed by atoms with Crippen molar-refractivity contribution in [3.05, 3.63) is 95.6 Å². The summed E-state index contributed by atoms with van der Waals surface area (Å²) < 4.78 is 5.74. The van der Waals surface area contributed by atoms with Crippen LogP contribution < -0.4 is 15.8 Å². The molecule has 3 aromatic carbocycles. The third kappa shape index (κ3) is 4.48. The van der Waals surface area contributed by atoms with Crippen LogP contribution in [0.3, 0.4) is 0 Å². The van der Waals surface area contributed by atoms with E-state index in [0.717, 1.165) is 5.56 Å². The highest BCUT2D eigenvalue weighted by molar-refractivity contribution is 6.04. The first-order valence-corrected chi connectivity index (χ1v) is 8.10. The number of rotatable bonds is 6. The van der Waals surface area contributed by atoms with Crippen molar-refractivity contribution in [2.75, 3.05) is 5.32 Å². The summed E-state index contributed by atoms with van der Waals surface area (Å²) in [5.41, 5.74) is 7.70. The number of anilines is 1. The summed E-state index contributed by atoms with van der Waals surface area (Å²) in [6.45, 7) is 0.431. The van der Waals surface area contributed by atoms with E-state index >= 15 is 0 Å². The number of hydrogen-bond donors (Lipinski definition) is 2. The molecule has 0 heterocycles. The van der Waals surface area contributed by atoms with E-state index < -0.39 is 5.91 Å². The molecule has 0 aliphatic carbocycles. The molecule has 0 aliphatic rings. The largest absolute Gasteiger partial charge is 0.489 e. The maximum atomic E-state index is 12.4. The van der Waals surface area contributed by atoms with Crippen LogP contribution in [0.4, 0.5) is 5.69 Å². The van der Waals surface area contributed by atoms with Crippen LogP contribution in [-0.4, -0.2) is 11.8 Å². The van der Waals surface area contributed by atoms with Crippen LogP contribution in [0, 0.1) is 0 Å². The minimum atomic E-state index is -0.508. The molecule has 0 aliphatic heterocycles. The molecule has 0 bridgehead atoms. The fourth-order valence-electron chi connectivity index (χ4n) is 2.39. The number of ether oxygens (including phenoxy) is 1. The Balaban J connectivity index is 1.65. The van der Waals surface area contributed by atoms with Crippen molar-refractivity contribution in [1.29, 1.82) is 0 Å². The Hall–Kier alpha value is -3.60. The number of benzene rings is 3. The van der Waals surface area contributed by atoms with Gasteiger partial charge in [0.25, 0.3) is 5.91 Å². The number of hydrogen-bond acceptors (Lipinski definition) is 3. The van der Waals surface area contributed by atoms with Crippen LogP contribution in [0.25, 0.3) is 0 Å². The first-order chi connectivity index (χ1) is 12.6. The SMILES string of the molecule is NC(=O)c1ccc(NC(=O)c2cccc(OCc3ccccc3)c2)cc1. The van der Waals surface area contributed by atoms with Crippen molar-refractivity contribution in [2.24, 2.45) is 5.73 Å². The van der Waals surface area contributed by atoms with E-state index in [1.165, 1.54) is 0 Å². The van der Waals surface area contributed by atoms with Crippen molar-refractivity contribution in [3.63, 3.8) is 0 Å². The Bertz CT molecular complexity index is 906. The summed E-state index contributed by atoms with van der Waals surface area (Å²) in [5.74, 6) is -0.154. The van der Waals surface area contributed by atoms with Gasteiger partial charge in [-0.2, -0.15) is 0 Å². The van der Waals surface area contributed by atoms with Gasteiger partial charge in [0.2, 0.25) is 5.91 Å². The van der Waals surface area contributed by atoms with Crippen molar-refractivity contribution in [1.82, 2.24) is 0 Å². The summed E-state index contributed by atoms with van der Waals surface area (Å²) in [5, 5.41) is 2.78. The van der Waals surface area contributed by atoms with E-state index in [1.807, 2.05) is 30.3 Å². The molecule has 0 saturated carbocycles. The van der Waals surface area contributed by atoms with Gasteiger partial charge in [0.05, 0.1) is 0 Å². The van der Waals surface area contributed by atoms with Gasteiger partial charge in [-0.05, 0) is 48.0 Å². The van der Waals surface area contributed by atoms with Gasteiger partial charge < -0.3 is 15.8 Å². The molecule has 0 atom stereocenters. The molecule has 3 aromatic rings.